The van der Waals surface area contributed by atoms with E-state index in [2.05, 4.69) is 44.5 Å². The summed E-state index contributed by atoms with van der Waals surface area (Å²) in [4.78, 5) is 26.1. The molecule has 10 heteroatoms. The van der Waals surface area contributed by atoms with E-state index in [1.807, 2.05) is 17.0 Å². The average Bonchev–Trinajstić information content (AvgIpc) is 3.37. The highest BCUT2D eigenvalue weighted by molar-refractivity contribution is 14.0. The number of nitrogens with one attached hydrogen (secondary N) is 2. The van der Waals surface area contributed by atoms with Crippen LogP contribution < -0.4 is 5.32 Å². The summed E-state index contributed by atoms with van der Waals surface area (Å²) in [5.74, 6) is 2.06. The number of nitrogens with zero attached hydrogens (tertiary/aromatic N) is 5. The second-order valence-electron chi connectivity index (χ2n) is 7.90. The molecule has 0 spiro atoms. The van der Waals surface area contributed by atoms with Crippen molar-refractivity contribution in [3.63, 3.8) is 0 Å². The quantitative estimate of drug-likeness (QED) is 0.335. The highest BCUT2D eigenvalue weighted by Gasteiger charge is 2.30. The minimum absolute atomic E-state index is 0. The molecule has 1 aromatic heterocycles. The number of benzene rings is 1. The van der Waals surface area contributed by atoms with Crippen molar-refractivity contribution in [3.8, 4) is 11.4 Å². The fourth-order valence-corrected chi connectivity index (χ4v) is 4.13. The van der Waals surface area contributed by atoms with Crippen molar-refractivity contribution in [1.29, 1.82) is 0 Å². The molecule has 1 amide bonds. The molecular weight excluding hydrogens is 521 g/mol. The zero-order valence-electron chi connectivity index (χ0n) is 18.5. The predicted octanol–water partition coefficient (Wildman–Crippen LogP) is 2.13. The van der Waals surface area contributed by atoms with Crippen LogP contribution in [-0.2, 0) is 16.1 Å². The SMILES string of the molecule is CCNC(=NCc1cccc(-c2ncn[nH]2)c1)N1CCC(C(=O)N2CCOCC2)CC1.I. The minimum Gasteiger partial charge on any atom is -0.378 e. The van der Waals surface area contributed by atoms with Crippen molar-refractivity contribution < 1.29 is 9.53 Å². The Labute approximate surface area is 206 Å². The lowest BCUT2D eigenvalue weighted by Gasteiger charge is -2.36. The van der Waals surface area contributed by atoms with Crippen LogP contribution in [0, 0.1) is 5.92 Å². The van der Waals surface area contributed by atoms with E-state index < -0.39 is 0 Å². The second kappa shape index (κ2) is 12.1. The molecule has 9 nitrogen and oxygen atoms in total. The van der Waals surface area contributed by atoms with Crippen LogP contribution in [0.2, 0.25) is 0 Å². The Morgan fingerprint density at radius 2 is 2.00 bits per heavy atom. The molecule has 2 saturated heterocycles. The summed E-state index contributed by atoms with van der Waals surface area (Å²) in [6.45, 7) is 7.89. The lowest BCUT2D eigenvalue weighted by atomic mass is 9.95. The standard InChI is InChI=1S/C22H31N7O2.HI/c1-2-23-22(24-15-17-4-3-5-19(14-17)20-25-16-26-27-20)29-8-6-18(7-9-29)21(30)28-10-12-31-13-11-28;/h3-5,14,16,18H,2,6-13,15H2,1H3,(H,23,24)(H,25,26,27);1H. The highest BCUT2D eigenvalue weighted by Crippen LogP contribution is 2.21. The molecule has 0 aliphatic carbocycles. The van der Waals surface area contributed by atoms with Gasteiger partial charge in [-0.25, -0.2) is 9.98 Å². The third-order valence-corrected chi connectivity index (χ3v) is 5.83. The Bertz CT molecular complexity index is 876. The number of aliphatic imine (C=N–C) groups is 1. The molecule has 2 aromatic rings. The normalized spacial score (nSPS) is 17.7. The maximum atomic E-state index is 12.8. The van der Waals surface area contributed by atoms with Gasteiger partial charge in [-0.1, -0.05) is 18.2 Å². The zero-order valence-corrected chi connectivity index (χ0v) is 20.8. The molecule has 0 atom stereocenters. The monoisotopic (exact) mass is 553 g/mol. The third-order valence-electron chi connectivity index (χ3n) is 5.83. The number of rotatable bonds is 5. The molecule has 0 bridgehead atoms. The smallest absolute Gasteiger partial charge is 0.225 e. The van der Waals surface area contributed by atoms with Crippen LogP contribution in [0.25, 0.3) is 11.4 Å². The molecule has 32 heavy (non-hydrogen) atoms. The van der Waals surface area contributed by atoms with Crippen molar-refractivity contribution in [1.82, 2.24) is 30.3 Å². The molecule has 4 rings (SSSR count). The molecule has 1 aromatic carbocycles. The van der Waals surface area contributed by atoms with Gasteiger partial charge in [0.15, 0.2) is 11.8 Å². The second-order valence-corrected chi connectivity index (χ2v) is 7.90. The molecule has 2 aliphatic heterocycles. The van der Waals surface area contributed by atoms with Gasteiger partial charge in [0.1, 0.15) is 6.33 Å². The van der Waals surface area contributed by atoms with Gasteiger partial charge in [-0.2, -0.15) is 5.10 Å². The molecular formula is C22H32IN7O2. The van der Waals surface area contributed by atoms with Gasteiger partial charge in [0.25, 0.3) is 0 Å². The Hall–Kier alpha value is -2.21. The Morgan fingerprint density at radius 3 is 2.69 bits per heavy atom. The first-order valence-electron chi connectivity index (χ1n) is 11.1. The number of guanidine groups is 1. The van der Waals surface area contributed by atoms with E-state index in [1.54, 1.807) is 0 Å². The van der Waals surface area contributed by atoms with Crippen LogP contribution in [0.1, 0.15) is 25.3 Å². The summed E-state index contributed by atoms with van der Waals surface area (Å²) in [7, 11) is 0. The number of morpholine rings is 1. The summed E-state index contributed by atoms with van der Waals surface area (Å²) in [6.07, 6.45) is 3.24. The van der Waals surface area contributed by atoms with E-state index in [4.69, 9.17) is 9.73 Å². The van der Waals surface area contributed by atoms with Gasteiger partial charge < -0.3 is 19.9 Å². The van der Waals surface area contributed by atoms with E-state index in [0.29, 0.717) is 19.8 Å². The van der Waals surface area contributed by atoms with Crippen molar-refractivity contribution >= 4 is 35.8 Å². The maximum absolute atomic E-state index is 12.8. The van der Waals surface area contributed by atoms with E-state index >= 15 is 0 Å². The van der Waals surface area contributed by atoms with Crippen LogP contribution in [0.5, 0.6) is 0 Å². The molecule has 174 valence electrons. The Balaban J connectivity index is 0.00000289. The topological polar surface area (TPSA) is 98.7 Å². The number of hydrogen-bond donors (Lipinski definition) is 2. The summed E-state index contributed by atoms with van der Waals surface area (Å²) in [6, 6.07) is 8.18. The van der Waals surface area contributed by atoms with Gasteiger partial charge in [0, 0.05) is 44.2 Å². The molecule has 0 saturated carbocycles. The number of carbonyl (C=O) groups excluding carboxylic acids is 1. The summed E-state index contributed by atoms with van der Waals surface area (Å²) in [5.41, 5.74) is 2.11. The number of aromatic amines is 1. The third kappa shape index (κ3) is 6.18. The number of piperidine rings is 1. The van der Waals surface area contributed by atoms with E-state index in [-0.39, 0.29) is 35.8 Å². The molecule has 2 N–H and O–H groups in total. The van der Waals surface area contributed by atoms with Gasteiger partial charge >= 0.3 is 0 Å². The van der Waals surface area contributed by atoms with Crippen molar-refractivity contribution in [2.24, 2.45) is 10.9 Å². The number of amides is 1. The Morgan fingerprint density at radius 1 is 1.22 bits per heavy atom. The fraction of sp³-hybridized carbons (Fsp3) is 0.545. The van der Waals surface area contributed by atoms with Crippen molar-refractivity contribution in [2.75, 3.05) is 45.9 Å². The molecule has 2 fully saturated rings. The highest BCUT2D eigenvalue weighted by atomic mass is 127. The van der Waals surface area contributed by atoms with Crippen LogP contribution in [-0.4, -0.2) is 82.8 Å². The number of halogens is 1. The number of ether oxygens (including phenoxy) is 1. The summed E-state index contributed by atoms with van der Waals surface area (Å²) in [5, 5.41) is 10.2. The van der Waals surface area contributed by atoms with Crippen molar-refractivity contribution in [3.05, 3.63) is 36.2 Å². The fourth-order valence-electron chi connectivity index (χ4n) is 4.13. The average molecular weight is 553 g/mol. The van der Waals surface area contributed by atoms with E-state index in [9.17, 15) is 4.79 Å². The summed E-state index contributed by atoms with van der Waals surface area (Å²) >= 11 is 0. The molecule has 2 aliphatic rings. The van der Waals surface area contributed by atoms with E-state index in [0.717, 1.165) is 68.5 Å². The summed E-state index contributed by atoms with van der Waals surface area (Å²) < 4.78 is 5.37. The van der Waals surface area contributed by atoms with Crippen LogP contribution in [0.3, 0.4) is 0 Å². The van der Waals surface area contributed by atoms with Gasteiger partial charge in [-0.15, -0.1) is 24.0 Å². The number of hydrogen-bond acceptors (Lipinski definition) is 5. The Kier molecular flexibility index (Phi) is 9.27. The molecule has 0 unspecified atom stereocenters. The maximum Gasteiger partial charge on any atom is 0.225 e. The van der Waals surface area contributed by atoms with Gasteiger partial charge in [0.05, 0.1) is 19.8 Å². The zero-order chi connectivity index (χ0) is 21.5. The van der Waals surface area contributed by atoms with Crippen LogP contribution >= 0.6 is 24.0 Å². The number of likely N-dealkylation sites (tertiary alicyclic amines) is 1. The first-order chi connectivity index (χ1) is 15.2. The largest absolute Gasteiger partial charge is 0.378 e. The van der Waals surface area contributed by atoms with Gasteiger partial charge in [-0.3, -0.25) is 9.89 Å². The van der Waals surface area contributed by atoms with Crippen LogP contribution in [0.4, 0.5) is 0 Å². The molecule has 0 radical (unpaired) electrons. The first kappa shape index (κ1) is 24.4. The predicted molar refractivity (Wildman–Crippen MR) is 134 cm³/mol. The van der Waals surface area contributed by atoms with Gasteiger partial charge in [0.2, 0.25) is 5.91 Å². The number of H-pyrrole nitrogens is 1. The first-order valence-corrected chi connectivity index (χ1v) is 11.1. The van der Waals surface area contributed by atoms with Crippen molar-refractivity contribution in [2.45, 2.75) is 26.3 Å². The number of aromatic nitrogens is 3. The lowest BCUT2D eigenvalue weighted by Crippen LogP contribution is -2.50. The van der Waals surface area contributed by atoms with Gasteiger partial charge in [-0.05, 0) is 31.4 Å². The lowest BCUT2D eigenvalue weighted by molar-refractivity contribution is -0.140. The van der Waals surface area contributed by atoms with Crippen LogP contribution in [0.15, 0.2) is 35.6 Å². The molecule has 3 heterocycles. The minimum atomic E-state index is 0. The van der Waals surface area contributed by atoms with E-state index in [1.165, 1.54) is 6.33 Å². The number of carbonyl (C=O) groups is 1.